The number of nitrogens with zero attached hydrogens (tertiary/aromatic N) is 1. The molecule has 2 nitrogen and oxygen atoms in total. The van der Waals surface area contributed by atoms with E-state index in [-0.39, 0.29) is 11.4 Å². The molecule has 0 aliphatic carbocycles. The van der Waals surface area contributed by atoms with Crippen molar-refractivity contribution in [3.63, 3.8) is 0 Å². The molecule has 0 spiro atoms. The maximum absolute atomic E-state index is 12.7. The molecule has 5 heteroatoms. The molecule has 0 fully saturated rings. The maximum atomic E-state index is 12.7. The lowest BCUT2D eigenvalue weighted by Gasteiger charge is -2.07. The zero-order valence-corrected chi connectivity index (χ0v) is 11.0. The smallest absolute Gasteiger partial charge is 0.265 e. The van der Waals surface area contributed by atoms with E-state index in [4.69, 9.17) is 11.6 Å². The lowest BCUT2D eigenvalue weighted by atomic mass is 10.2. The summed E-state index contributed by atoms with van der Waals surface area (Å²) in [6, 6.07) is 7.54. The summed E-state index contributed by atoms with van der Waals surface area (Å²) in [6.45, 7) is 0.359. The van der Waals surface area contributed by atoms with Crippen molar-refractivity contribution >= 4 is 27.5 Å². The maximum Gasteiger partial charge on any atom is 0.265 e. The van der Waals surface area contributed by atoms with E-state index < -0.39 is 0 Å². The van der Waals surface area contributed by atoms with Crippen molar-refractivity contribution in [2.45, 2.75) is 6.54 Å². The predicted molar refractivity (Wildman–Crippen MR) is 68.9 cm³/mol. The van der Waals surface area contributed by atoms with Crippen LogP contribution in [0.2, 0.25) is 5.02 Å². The first-order valence-corrected chi connectivity index (χ1v) is 6.03. The molecule has 0 atom stereocenters. The van der Waals surface area contributed by atoms with Gasteiger partial charge in [0, 0.05) is 6.20 Å². The molecule has 2 rings (SSSR count). The number of hydrogen-bond acceptors (Lipinski definition) is 1. The van der Waals surface area contributed by atoms with Gasteiger partial charge in [-0.05, 0) is 39.7 Å². The standard InChI is InChI=1S/C12H8BrClFNO/c13-11-5-9(14)7-16(12(11)17)6-8-1-3-10(15)4-2-8/h1-5,7H,6H2. The van der Waals surface area contributed by atoms with Gasteiger partial charge in [-0.25, -0.2) is 4.39 Å². The van der Waals surface area contributed by atoms with E-state index in [1.165, 1.54) is 16.7 Å². The van der Waals surface area contributed by atoms with Gasteiger partial charge in [0.05, 0.1) is 16.0 Å². The van der Waals surface area contributed by atoms with Crippen LogP contribution in [0.4, 0.5) is 4.39 Å². The molecule has 2 aromatic rings. The summed E-state index contributed by atoms with van der Waals surface area (Å²) < 4.78 is 14.6. The Morgan fingerprint density at radius 3 is 2.59 bits per heavy atom. The van der Waals surface area contributed by atoms with Gasteiger partial charge >= 0.3 is 0 Å². The molecule has 0 unspecified atom stereocenters. The molecule has 0 radical (unpaired) electrons. The lowest BCUT2D eigenvalue weighted by molar-refractivity contribution is 0.626. The topological polar surface area (TPSA) is 22.0 Å². The highest BCUT2D eigenvalue weighted by atomic mass is 79.9. The minimum absolute atomic E-state index is 0.168. The minimum atomic E-state index is -0.298. The lowest BCUT2D eigenvalue weighted by Crippen LogP contribution is -2.20. The Kier molecular flexibility index (Phi) is 3.64. The number of benzene rings is 1. The van der Waals surface area contributed by atoms with Gasteiger partial charge in [0.15, 0.2) is 0 Å². The molecule has 0 saturated carbocycles. The average Bonchev–Trinajstić information content (AvgIpc) is 2.28. The molecule has 0 saturated heterocycles. The SMILES string of the molecule is O=c1c(Br)cc(Cl)cn1Cc1ccc(F)cc1. The van der Waals surface area contributed by atoms with Crippen LogP contribution in [0.3, 0.4) is 0 Å². The molecule has 1 heterocycles. The van der Waals surface area contributed by atoms with E-state index in [1.807, 2.05) is 0 Å². The van der Waals surface area contributed by atoms with Gasteiger partial charge in [0.2, 0.25) is 0 Å². The van der Waals surface area contributed by atoms with Crippen molar-refractivity contribution in [2.24, 2.45) is 0 Å². The molecule has 0 N–H and O–H groups in total. The Morgan fingerprint density at radius 2 is 1.94 bits per heavy atom. The fourth-order valence-electron chi connectivity index (χ4n) is 1.47. The summed E-state index contributed by atoms with van der Waals surface area (Å²) >= 11 is 9.01. The third-order valence-corrected chi connectivity index (χ3v) is 3.05. The van der Waals surface area contributed by atoms with Crippen LogP contribution in [-0.2, 0) is 6.54 Å². The van der Waals surface area contributed by atoms with E-state index in [9.17, 15) is 9.18 Å². The summed E-state index contributed by atoms with van der Waals surface area (Å²) in [4.78, 5) is 11.8. The first kappa shape index (κ1) is 12.3. The van der Waals surface area contributed by atoms with E-state index in [0.29, 0.717) is 16.0 Å². The number of aromatic nitrogens is 1. The highest BCUT2D eigenvalue weighted by Gasteiger charge is 2.04. The van der Waals surface area contributed by atoms with Gasteiger partial charge in [0.1, 0.15) is 5.82 Å². The fourth-order valence-corrected chi connectivity index (χ4v) is 2.30. The van der Waals surface area contributed by atoms with Gasteiger partial charge in [-0.3, -0.25) is 4.79 Å². The second-order valence-electron chi connectivity index (χ2n) is 3.57. The molecular formula is C12H8BrClFNO. The van der Waals surface area contributed by atoms with Crippen LogP contribution < -0.4 is 5.56 Å². The van der Waals surface area contributed by atoms with E-state index in [2.05, 4.69) is 15.9 Å². The van der Waals surface area contributed by atoms with Crippen LogP contribution in [0.15, 0.2) is 45.8 Å². The van der Waals surface area contributed by atoms with Gasteiger partial charge in [-0.1, -0.05) is 23.7 Å². The Hall–Kier alpha value is -1.13. The molecule has 0 bridgehead atoms. The van der Waals surface area contributed by atoms with Crippen molar-refractivity contribution in [1.82, 2.24) is 4.57 Å². The Labute approximate surface area is 111 Å². The van der Waals surface area contributed by atoms with Crippen molar-refractivity contribution in [1.29, 1.82) is 0 Å². The van der Waals surface area contributed by atoms with Crippen LogP contribution in [0.25, 0.3) is 0 Å². The van der Waals surface area contributed by atoms with Gasteiger partial charge in [-0.2, -0.15) is 0 Å². The third kappa shape index (κ3) is 2.96. The largest absolute Gasteiger partial charge is 0.309 e. The average molecular weight is 317 g/mol. The second-order valence-corrected chi connectivity index (χ2v) is 4.86. The molecule has 17 heavy (non-hydrogen) atoms. The second kappa shape index (κ2) is 5.02. The molecule has 0 aliphatic heterocycles. The van der Waals surface area contributed by atoms with Crippen LogP contribution >= 0.6 is 27.5 Å². The highest BCUT2D eigenvalue weighted by Crippen LogP contribution is 2.13. The monoisotopic (exact) mass is 315 g/mol. The van der Waals surface area contributed by atoms with E-state index in [1.54, 1.807) is 24.4 Å². The number of halogens is 3. The van der Waals surface area contributed by atoms with Crippen LogP contribution in [0, 0.1) is 5.82 Å². The summed E-state index contributed by atoms with van der Waals surface area (Å²) in [5.41, 5.74) is 0.668. The number of hydrogen-bond donors (Lipinski definition) is 0. The Morgan fingerprint density at radius 1 is 1.29 bits per heavy atom. The highest BCUT2D eigenvalue weighted by molar-refractivity contribution is 9.10. The van der Waals surface area contributed by atoms with Crippen LogP contribution in [0.5, 0.6) is 0 Å². The first-order valence-electron chi connectivity index (χ1n) is 4.86. The molecular weight excluding hydrogens is 308 g/mol. The normalized spacial score (nSPS) is 10.5. The molecule has 1 aromatic heterocycles. The molecule has 88 valence electrons. The fraction of sp³-hybridized carbons (Fsp3) is 0.0833. The van der Waals surface area contributed by atoms with Crippen LogP contribution in [-0.4, -0.2) is 4.57 Å². The Balaban J connectivity index is 2.36. The molecule has 1 aromatic carbocycles. The number of rotatable bonds is 2. The summed E-state index contributed by atoms with van der Waals surface area (Å²) in [7, 11) is 0. The van der Waals surface area contributed by atoms with Gasteiger partial charge < -0.3 is 4.57 Å². The van der Waals surface area contributed by atoms with E-state index >= 15 is 0 Å². The third-order valence-electron chi connectivity index (χ3n) is 2.28. The molecule has 0 aliphatic rings. The van der Waals surface area contributed by atoms with Crippen molar-refractivity contribution < 1.29 is 4.39 Å². The van der Waals surface area contributed by atoms with E-state index in [0.717, 1.165) is 5.56 Å². The van der Waals surface area contributed by atoms with Crippen molar-refractivity contribution in [3.8, 4) is 0 Å². The Bertz CT molecular complexity index is 594. The molecule has 0 amide bonds. The van der Waals surface area contributed by atoms with Crippen molar-refractivity contribution in [3.05, 3.63) is 67.8 Å². The first-order chi connectivity index (χ1) is 8.06. The quantitative estimate of drug-likeness (QED) is 0.832. The summed E-state index contributed by atoms with van der Waals surface area (Å²) in [5.74, 6) is -0.298. The summed E-state index contributed by atoms with van der Waals surface area (Å²) in [6.07, 6.45) is 1.55. The summed E-state index contributed by atoms with van der Waals surface area (Å²) in [5, 5.41) is 0.471. The number of pyridine rings is 1. The van der Waals surface area contributed by atoms with Gasteiger partial charge in [-0.15, -0.1) is 0 Å². The zero-order valence-electron chi connectivity index (χ0n) is 8.66. The van der Waals surface area contributed by atoms with Crippen LogP contribution in [0.1, 0.15) is 5.56 Å². The predicted octanol–water partition coefficient (Wildman–Crippen LogP) is 3.45. The zero-order chi connectivity index (χ0) is 12.4. The van der Waals surface area contributed by atoms with Gasteiger partial charge in [0.25, 0.3) is 5.56 Å². The van der Waals surface area contributed by atoms with Crippen molar-refractivity contribution in [2.75, 3.05) is 0 Å². The minimum Gasteiger partial charge on any atom is -0.309 e.